The number of ether oxygens (including phenoxy) is 7. The molecule has 16 atom stereocenters. The highest BCUT2D eigenvalue weighted by Crippen LogP contribution is 2.44. The van der Waals surface area contributed by atoms with Crippen molar-refractivity contribution in [3.63, 3.8) is 0 Å². The first kappa shape index (κ1) is 59.7. The Bertz CT molecular complexity index is 2080. The van der Waals surface area contributed by atoms with Gasteiger partial charge in [-0.25, -0.2) is 9.59 Å². The molecular formula is C55H83NO17. The molecule has 2 bridgehead atoms. The summed E-state index contributed by atoms with van der Waals surface area (Å²) in [5.41, 5.74) is 0.00336. The first-order chi connectivity index (χ1) is 34.5. The number of aliphatic hydroxyl groups excluding tert-OH is 3. The Hall–Kier alpha value is -4.14. The van der Waals surface area contributed by atoms with Crippen molar-refractivity contribution in [3.05, 3.63) is 47.1 Å². The third-order valence-electron chi connectivity index (χ3n) is 16.3. The van der Waals surface area contributed by atoms with E-state index in [0.29, 0.717) is 57.8 Å². The van der Waals surface area contributed by atoms with Gasteiger partial charge >= 0.3 is 12.1 Å². The molecule has 0 aromatic heterocycles. The maximum absolute atomic E-state index is 14.7. The minimum atomic E-state index is -2.48. The largest absolute Gasteiger partial charge is 0.509 e. The Morgan fingerprint density at radius 2 is 1.63 bits per heavy atom. The standard InChI is InChI=1S/C55H83NO17/c1-31-15-11-12-16-40-32(2)25-41(40)48(61)50(69-10)54(7,73-53(65)70-30-38(58)29-57)36(6)23-33(3)44(60)28-46(34(4)24-37-19-21-43(59)47(26-37)68-9)71-52(64)42-17-13-14-22-56(42)51(63)49(62)55(66)35(5)18-20-39(72-55)27-45(31)67-8/h11-12,15-16,23,32-35,37-39,41-43,45-47,50,57-59,66H,13-14,17-22,24-30H2,1-10H3/b12-11+,31-15?,36-23+,40-16-/t32-,33+,34+,35+,37-,38?,39?,41-,42?,43+,45-,46-,47+,50-,54+,55+/m0/s1. The number of rotatable bonds is 10. The molecule has 3 heterocycles. The fourth-order valence-corrected chi connectivity index (χ4v) is 11.3. The van der Waals surface area contributed by atoms with Gasteiger partial charge in [0, 0.05) is 58.5 Å². The molecule has 2 saturated carbocycles. The number of hydrogen-bond acceptors (Lipinski definition) is 17. The Morgan fingerprint density at radius 1 is 0.918 bits per heavy atom. The van der Waals surface area contributed by atoms with Crippen molar-refractivity contribution in [1.29, 1.82) is 0 Å². The topological polar surface area (TPSA) is 251 Å². The summed E-state index contributed by atoms with van der Waals surface area (Å²) in [7, 11) is 4.40. The van der Waals surface area contributed by atoms with Gasteiger partial charge in [0.05, 0.1) is 31.0 Å². The second kappa shape index (κ2) is 26.6. The van der Waals surface area contributed by atoms with Gasteiger partial charge in [-0.1, -0.05) is 63.6 Å². The summed E-state index contributed by atoms with van der Waals surface area (Å²) in [6.45, 7) is 10.8. The monoisotopic (exact) mass is 1030 g/mol. The zero-order chi connectivity index (χ0) is 53.9. The van der Waals surface area contributed by atoms with Crippen molar-refractivity contribution in [1.82, 2.24) is 4.90 Å². The number of allylic oxidation sites excluding steroid dienone is 6. The quantitative estimate of drug-likeness (QED) is 0.121. The van der Waals surface area contributed by atoms with Gasteiger partial charge in [-0.05, 0) is 114 Å². The molecule has 0 aromatic rings. The zero-order valence-electron chi connectivity index (χ0n) is 44.6. The van der Waals surface area contributed by atoms with Crippen molar-refractivity contribution >= 4 is 35.4 Å². The molecule has 18 heteroatoms. The lowest BCUT2D eigenvalue weighted by Crippen LogP contribution is -2.61. The van der Waals surface area contributed by atoms with Crippen LogP contribution >= 0.6 is 0 Å². The van der Waals surface area contributed by atoms with E-state index in [1.165, 1.54) is 14.0 Å². The maximum Gasteiger partial charge on any atom is 0.509 e. The van der Waals surface area contributed by atoms with E-state index < -0.39 is 121 Å². The Balaban J connectivity index is 1.58. The summed E-state index contributed by atoms with van der Waals surface area (Å²) >= 11 is 0. The molecule has 3 aliphatic heterocycles. The van der Waals surface area contributed by atoms with Gasteiger partial charge in [-0.15, -0.1) is 0 Å². The van der Waals surface area contributed by atoms with Crippen LogP contribution in [0.2, 0.25) is 0 Å². The first-order valence-corrected chi connectivity index (χ1v) is 26.2. The van der Waals surface area contributed by atoms with E-state index in [-0.39, 0.29) is 54.8 Å². The summed E-state index contributed by atoms with van der Waals surface area (Å²) in [6, 6.07) is -1.20. The molecule has 1 amide bonds. The smallest absolute Gasteiger partial charge is 0.460 e. The predicted octanol–water partition coefficient (Wildman–Crippen LogP) is 5.45. The minimum Gasteiger partial charge on any atom is -0.460 e. The van der Waals surface area contributed by atoms with Gasteiger partial charge in [-0.3, -0.25) is 19.2 Å². The second-order valence-corrected chi connectivity index (χ2v) is 21.5. The van der Waals surface area contributed by atoms with E-state index in [0.717, 1.165) is 16.0 Å². The van der Waals surface area contributed by atoms with Crippen LogP contribution in [-0.4, -0.2) is 162 Å². The molecule has 3 unspecified atom stereocenters. The van der Waals surface area contributed by atoms with Crippen LogP contribution in [0.25, 0.3) is 0 Å². The lowest BCUT2D eigenvalue weighted by Gasteiger charge is -2.42. The SMILES string of the molecule is CO[C@H]1CC2CC[C@@H](C)[C@@](O)(O2)C(=O)C(=O)N2CCCCC2C(=O)O[C@H]([C@H](C)C[C@@H]2CC[C@@H](O)[C@H](OC)C2)CC(=O)[C@H](C)/C=C(\C)[C@@](C)(OC(=O)OCC(O)CO)[C@@H](OC)C(=O)[C@H]2C[C@H](C)/C2=C/C=C/C=C1C. The van der Waals surface area contributed by atoms with E-state index >= 15 is 0 Å². The van der Waals surface area contributed by atoms with Crippen LogP contribution in [0.5, 0.6) is 0 Å². The number of amides is 1. The lowest BCUT2D eigenvalue weighted by atomic mass is 9.66. The highest BCUT2D eigenvalue weighted by Gasteiger charge is 2.54. The van der Waals surface area contributed by atoms with E-state index in [4.69, 9.17) is 33.2 Å². The number of methoxy groups -OCH3 is 3. The number of aliphatic hydroxyl groups is 4. The van der Waals surface area contributed by atoms with Gasteiger partial charge in [0.25, 0.3) is 11.7 Å². The van der Waals surface area contributed by atoms with Gasteiger partial charge in [0.2, 0.25) is 5.79 Å². The molecule has 4 fully saturated rings. The van der Waals surface area contributed by atoms with Crippen molar-refractivity contribution < 1.29 is 82.4 Å². The molecule has 2 saturated heterocycles. The van der Waals surface area contributed by atoms with Gasteiger partial charge < -0.3 is 58.5 Å². The summed E-state index contributed by atoms with van der Waals surface area (Å²) in [5, 5.41) is 41.9. The van der Waals surface area contributed by atoms with E-state index in [2.05, 4.69) is 0 Å². The number of cyclic esters (lactones) is 1. The Morgan fingerprint density at radius 3 is 2.29 bits per heavy atom. The average molecular weight is 1030 g/mol. The number of esters is 1. The molecule has 0 radical (unpaired) electrons. The summed E-state index contributed by atoms with van der Waals surface area (Å²) in [4.78, 5) is 87.0. The number of Topliss-reactive ketones (excluding diaryl/α,β-unsaturated/α-hetero) is 3. The zero-order valence-corrected chi connectivity index (χ0v) is 44.6. The first-order valence-electron chi connectivity index (χ1n) is 26.2. The molecule has 5 rings (SSSR count). The van der Waals surface area contributed by atoms with Crippen molar-refractivity contribution in [3.8, 4) is 0 Å². The van der Waals surface area contributed by atoms with Gasteiger partial charge in [-0.2, -0.15) is 0 Å². The number of hydrogen-bond donors (Lipinski definition) is 4. The molecule has 5 aliphatic rings. The van der Waals surface area contributed by atoms with Crippen LogP contribution < -0.4 is 0 Å². The molecule has 2 aliphatic carbocycles. The van der Waals surface area contributed by atoms with Crippen LogP contribution in [-0.2, 0) is 57.1 Å². The van der Waals surface area contributed by atoms with E-state index in [1.54, 1.807) is 41.1 Å². The molecule has 73 heavy (non-hydrogen) atoms. The van der Waals surface area contributed by atoms with Gasteiger partial charge in [0.15, 0.2) is 17.5 Å². The van der Waals surface area contributed by atoms with E-state index in [9.17, 15) is 49.2 Å². The third kappa shape index (κ3) is 14.4. The number of nitrogens with zero attached hydrogens (tertiary/aromatic N) is 1. The molecule has 18 nitrogen and oxygen atoms in total. The van der Waals surface area contributed by atoms with Crippen molar-refractivity contribution in [2.45, 2.75) is 186 Å². The van der Waals surface area contributed by atoms with Crippen molar-refractivity contribution in [2.24, 2.45) is 35.5 Å². The summed E-state index contributed by atoms with van der Waals surface area (Å²) in [6.07, 6.45) is 6.31. The van der Waals surface area contributed by atoms with E-state index in [1.807, 2.05) is 45.1 Å². The molecule has 410 valence electrons. The number of carbonyl (C=O) groups is 6. The lowest BCUT2D eigenvalue weighted by molar-refractivity contribution is -0.265. The number of piperidine rings is 1. The molecule has 0 spiro atoms. The van der Waals surface area contributed by atoms with Crippen LogP contribution in [0.1, 0.15) is 126 Å². The third-order valence-corrected chi connectivity index (χ3v) is 16.3. The molecule has 0 aromatic carbocycles. The Kier molecular flexibility index (Phi) is 21.7. The van der Waals surface area contributed by atoms with Crippen LogP contribution in [0.3, 0.4) is 0 Å². The van der Waals surface area contributed by atoms with Crippen LogP contribution in [0.15, 0.2) is 47.1 Å². The predicted molar refractivity (Wildman–Crippen MR) is 266 cm³/mol. The fraction of sp³-hybridized carbons (Fsp3) is 0.745. The Labute approximate surface area is 430 Å². The summed E-state index contributed by atoms with van der Waals surface area (Å²) < 4.78 is 40.9. The van der Waals surface area contributed by atoms with Gasteiger partial charge in [0.1, 0.15) is 30.6 Å². The highest BCUT2D eigenvalue weighted by atomic mass is 16.7. The second-order valence-electron chi connectivity index (χ2n) is 21.5. The minimum absolute atomic E-state index is 0.0193. The number of carbonyl (C=O) groups excluding carboxylic acids is 6. The molecule has 4 N–H and O–H groups in total. The van der Waals surface area contributed by atoms with Crippen LogP contribution in [0, 0.1) is 35.5 Å². The average Bonchev–Trinajstić information content (AvgIpc) is 3.36. The van der Waals surface area contributed by atoms with Crippen LogP contribution in [0.4, 0.5) is 4.79 Å². The van der Waals surface area contributed by atoms with Crippen molar-refractivity contribution in [2.75, 3.05) is 41.1 Å². The molecular weight excluding hydrogens is 947 g/mol. The fourth-order valence-electron chi connectivity index (χ4n) is 11.3. The summed E-state index contributed by atoms with van der Waals surface area (Å²) in [5.74, 6) is -8.93. The highest BCUT2D eigenvalue weighted by molar-refractivity contribution is 6.39. The maximum atomic E-state index is 14.7. The normalized spacial score (nSPS) is 38.6. The number of fused-ring (bicyclic) bond motifs is 4. The number of ketones is 3.